The van der Waals surface area contributed by atoms with Crippen LogP contribution in [0.2, 0.25) is 54.4 Å². The van der Waals surface area contributed by atoms with Crippen molar-refractivity contribution in [2.24, 2.45) is 17.8 Å². The van der Waals surface area contributed by atoms with E-state index in [1.807, 2.05) is 19.1 Å². The van der Waals surface area contributed by atoms with Gasteiger partial charge in [0.05, 0.1) is 31.5 Å². The van der Waals surface area contributed by atoms with E-state index in [0.29, 0.717) is 0 Å². The summed E-state index contributed by atoms with van der Waals surface area (Å²) in [6.45, 7) is 40.3. The number of methoxy groups -OCH3 is 2. The molecule has 0 aromatic heterocycles. The Kier molecular flexibility index (Phi) is 26.9. The summed E-state index contributed by atoms with van der Waals surface area (Å²) in [5.41, 5.74) is 1.25. The lowest BCUT2D eigenvalue weighted by molar-refractivity contribution is -0.134. The topological polar surface area (TPSA) is 102 Å². The van der Waals surface area contributed by atoms with Gasteiger partial charge in [-0.1, -0.05) is 138 Å². The van der Waals surface area contributed by atoms with Gasteiger partial charge in [0.15, 0.2) is 25.0 Å². The number of allylic oxidation sites excluding steroid dienone is 5. The molecule has 10 atom stereocenters. The molecule has 0 amide bonds. The summed E-state index contributed by atoms with van der Waals surface area (Å²) in [4.78, 5) is 12.1. The molecule has 1 fully saturated rings. The van der Waals surface area contributed by atoms with Crippen molar-refractivity contribution in [1.82, 2.24) is 0 Å². The molecule has 64 heavy (non-hydrogen) atoms. The largest absolute Gasteiger partial charge is 0.466 e. The fourth-order valence-corrected chi connectivity index (χ4v) is 16.6. The van der Waals surface area contributed by atoms with Crippen molar-refractivity contribution in [3.63, 3.8) is 0 Å². The third kappa shape index (κ3) is 17.7. The van der Waals surface area contributed by atoms with Crippen molar-refractivity contribution in [2.75, 3.05) is 21.0 Å². The lowest BCUT2D eigenvalue weighted by atomic mass is 9.79. The van der Waals surface area contributed by atoms with Crippen molar-refractivity contribution < 1.29 is 42.1 Å². The van der Waals surface area contributed by atoms with Crippen molar-refractivity contribution in [3.05, 3.63) is 47.6 Å². The van der Waals surface area contributed by atoms with Gasteiger partial charge in [0.25, 0.3) is 0 Å². The molecule has 0 unspecified atom stereocenters. The van der Waals surface area contributed by atoms with Gasteiger partial charge < -0.3 is 37.3 Å². The van der Waals surface area contributed by atoms with Crippen molar-refractivity contribution in [1.29, 1.82) is 0 Å². The van der Waals surface area contributed by atoms with Gasteiger partial charge in [0, 0.05) is 37.0 Å². The predicted octanol–water partition coefficient (Wildman–Crippen LogP) is 13.7. The molecular formula is C52H100O9Si3. The van der Waals surface area contributed by atoms with Gasteiger partial charge in [-0.3, -0.25) is 0 Å². The number of hydrogen-bond donors (Lipinski definition) is 1. The zero-order chi connectivity index (χ0) is 49.1. The Hall–Kier alpha value is -1.20. The van der Waals surface area contributed by atoms with Gasteiger partial charge in [-0.05, 0) is 101 Å². The monoisotopic (exact) mass is 953 g/mol. The number of carbonyl (C=O) groups is 1. The molecule has 1 N–H and O–H groups in total. The quantitative estimate of drug-likeness (QED) is 0.0258. The summed E-state index contributed by atoms with van der Waals surface area (Å²) in [7, 11) is -3.20. The van der Waals surface area contributed by atoms with Crippen LogP contribution in [0.15, 0.2) is 47.6 Å². The van der Waals surface area contributed by atoms with E-state index in [0.717, 1.165) is 73.9 Å². The maximum Gasteiger partial charge on any atom is 0.330 e. The molecule has 1 aliphatic rings. The van der Waals surface area contributed by atoms with Crippen LogP contribution in [0.3, 0.4) is 0 Å². The van der Waals surface area contributed by atoms with Crippen LogP contribution in [0.1, 0.15) is 143 Å². The molecule has 1 rings (SSSR count). The molecule has 0 aromatic rings. The van der Waals surface area contributed by atoms with Crippen LogP contribution in [0.25, 0.3) is 0 Å². The van der Waals surface area contributed by atoms with E-state index >= 15 is 0 Å². The summed E-state index contributed by atoms with van der Waals surface area (Å²) < 4.78 is 46.2. The Balaban J connectivity index is 3.77. The number of rotatable bonds is 29. The van der Waals surface area contributed by atoms with Crippen LogP contribution in [-0.2, 0) is 37.0 Å². The Labute approximate surface area is 397 Å². The van der Waals surface area contributed by atoms with Gasteiger partial charge in [-0.25, -0.2) is 4.79 Å². The summed E-state index contributed by atoms with van der Waals surface area (Å²) in [6.07, 6.45) is 14.6. The first-order chi connectivity index (χ1) is 29.9. The van der Waals surface area contributed by atoms with Gasteiger partial charge in [0.1, 0.15) is 18.5 Å². The van der Waals surface area contributed by atoms with Crippen molar-refractivity contribution in [2.45, 2.75) is 240 Å². The summed E-state index contributed by atoms with van der Waals surface area (Å²) in [5, 5.41) is 12.2. The summed E-state index contributed by atoms with van der Waals surface area (Å²) in [5.74, 6) is -0.565. The number of carbonyl (C=O) groups excluding carboxylic acids is 1. The minimum absolute atomic E-state index is 0.00290. The van der Waals surface area contributed by atoms with Crippen LogP contribution in [0.4, 0.5) is 0 Å². The van der Waals surface area contributed by atoms with E-state index in [4.69, 9.17) is 32.2 Å². The fourth-order valence-electron chi connectivity index (χ4n) is 9.14. The van der Waals surface area contributed by atoms with Crippen LogP contribution in [0.5, 0.6) is 0 Å². The first-order valence-corrected chi connectivity index (χ1v) is 33.1. The maximum absolute atomic E-state index is 12.2. The lowest BCUT2D eigenvalue weighted by Crippen LogP contribution is -2.54. The number of aliphatic hydroxyl groups is 1. The van der Waals surface area contributed by atoms with E-state index in [2.05, 4.69) is 129 Å². The maximum atomic E-state index is 12.2. The van der Waals surface area contributed by atoms with Gasteiger partial charge in [0.2, 0.25) is 0 Å². The zero-order valence-electron chi connectivity index (χ0n) is 44.9. The van der Waals surface area contributed by atoms with Gasteiger partial charge in [-0.15, -0.1) is 0 Å². The minimum Gasteiger partial charge on any atom is -0.466 e. The minimum atomic E-state index is -2.23. The first-order valence-electron chi connectivity index (χ1n) is 25.2. The predicted molar refractivity (Wildman–Crippen MR) is 276 cm³/mol. The molecule has 0 spiro atoms. The Morgan fingerprint density at radius 3 is 1.94 bits per heavy atom. The van der Waals surface area contributed by atoms with E-state index < -0.39 is 48.7 Å². The van der Waals surface area contributed by atoms with Crippen molar-refractivity contribution >= 4 is 30.9 Å². The second kappa shape index (κ2) is 28.3. The molecule has 0 aromatic carbocycles. The Morgan fingerprint density at radius 2 is 1.44 bits per heavy atom. The molecule has 12 heteroatoms. The highest BCUT2D eigenvalue weighted by Gasteiger charge is 2.49. The van der Waals surface area contributed by atoms with E-state index in [-0.39, 0.29) is 54.0 Å². The smallest absolute Gasteiger partial charge is 0.330 e. The fraction of sp³-hybridized carbons (Fsp3) is 0.827. The van der Waals surface area contributed by atoms with Gasteiger partial charge in [-0.2, -0.15) is 0 Å². The Morgan fingerprint density at radius 1 is 0.859 bits per heavy atom. The van der Waals surface area contributed by atoms with Crippen LogP contribution >= 0.6 is 0 Å². The van der Waals surface area contributed by atoms with E-state index in [1.165, 1.54) is 18.8 Å². The van der Waals surface area contributed by atoms with Crippen LogP contribution in [0, 0.1) is 17.8 Å². The van der Waals surface area contributed by atoms with Gasteiger partial charge >= 0.3 is 5.97 Å². The second-order valence-electron chi connectivity index (χ2n) is 20.8. The molecule has 0 radical (unpaired) electrons. The molecule has 0 bridgehead atoms. The normalized spacial score (nSPS) is 24.1. The van der Waals surface area contributed by atoms with Crippen LogP contribution in [-0.4, -0.2) is 99.3 Å². The molecular weight excluding hydrogens is 853 g/mol. The third-order valence-corrected chi connectivity index (χ3v) is 29.3. The lowest BCUT2D eigenvalue weighted by Gasteiger charge is -2.46. The zero-order valence-corrected chi connectivity index (χ0v) is 47.9. The van der Waals surface area contributed by atoms with E-state index in [9.17, 15) is 9.90 Å². The molecule has 9 nitrogen and oxygen atoms in total. The molecule has 374 valence electrons. The number of aliphatic hydroxyl groups excluding tert-OH is 1. The highest BCUT2D eigenvalue weighted by molar-refractivity contribution is 6.74. The molecule has 0 aliphatic carbocycles. The third-order valence-electron chi connectivity index (χ3n) is 15.5. The number of hydrogen-bond acceptors (Lipinski definition) is 9. The average molecular weight is 954 g/mol. The number of esters is 1. The Bertz CT molecular complexity index is 1450. The first kappa shape index (κ1) is 60.8. The van der Waals surface area contributed by atoms with E-state index in [1.54, 1.807) is 13.2 Å². The average Bonchev–Trinajstić information content (AvgIpc) is 3.37. The number of ether oxygens (including phenoxy) is 4. The van der Waals surface area contributed by atoms with Crippen molar-refractivity contribution in [3.8, 4) is 0 Å². The number of unbranched alkanes of at least 4 members (excludes halogenated alkanes) is 2. The highest BCUT2D eigenvalue weighted by Crippen LogP contribution is 2.43. The van der Waals surface area contributed by atoms with Crippen LogP contribution < -0.4 is 0 Å². The standard InChI is InChI=1S/C52H100O9Si3/c1-21-28-29-32-45-44(50(61-64(25-5,26-6)27-7)52(16,58-38-57-45)37-40(9)34-35-47(53)56-18)36-39(8)31-30-33-46(55-17)48(54)42(11)49(60-62(19,20)51(13,14)15)41(10)43(12)59-63(22-2,23-3)24-4/h30-31,33-35,37,41-46,48-50,54H,21-29,32,36,38H2,1-20H3/b33-30+,35-34+,39-31+,40-37+/t41-,42-,43-,44-,45+,46+,48-,49+,50-,52+/m1/s1. The molecule has 1 heterocycles. The molecule has 1 saturated heterocycles. The summed E-state index contributed by atoms with van der Waals surface area (Å²) in [6, 6.07) is 6.29. The second-order valence-corrected chi connectivity index (χ2v) is 35.0. The molecule has 0 saturated carbocycles. The highest BCUT2D eigenvalue weighted by atomic mass is 28.4. The summed E-state index contributed by atoms with van der Waals surface area (Å²) >= 11 is 0. The molecule has 1 aliphatic heterocycles. The SMILES string of the molecule is CCCCC[C@@H]1OCO[C@@](C)(/C=C(C)/C=C/C(=O)OC)[C@H](O[Si](CC)(CC)CC)[C@@H]1C/C(C)=C/C=C/[C@H](OC)[C@H](O)[C@@H](C)[C@@H](O[Si](C)(C)C(C)(C)C)[C@H](C)[C@@H](C)O[Si](CC)(CC)CC.